The number of carboxylic acids is 1. The lowest BCUT2D eigenvalue weighted by Crippen LogP contribution is -2.43. The molecule has 2 heterocycles. The van der Waals surface area contributed by atoms with Crippen LogP contribution < -0.4 is 4.74 Å². The van der Waals surface area contributed by atoms with Crippen molar-refractivity contribution in [2.24, 2.45) is 0 Å². The molecule has 2 aliphatic heterocycles. The minimum Gasteiger partial charge on any atom is -0.488 e. The number of fused-ring (bicyclic) bond motifs is 1. The maximum Gasteiger partial charge on any atom is 0.327 e. The summed E-state index contributed by atoms with van der Waals surface area (Å²) in [6.45, 7) is 0.168. The fraction of sp³-hybridized carbons (Fsp3) is 0.286. The van der Waals surface area contributed by atoms with Crippen LogP contribution in [0.15, 0.2) is 28.2 Å². The van der Waals surface area contributed by atoms with E-state index in [0.717, 1.165) is 15.8 Å². The smallest absolute Gasteiger partial charge is 0.327 e. The summed E-state index contributed by atoms with van der Waals surface area (Å²) in [6.07, 6.45) is 1.77. The van der Waals surface area contributed by atoms with Gasteiger partial charge in [0.1, 0.15) is 18.4 Å². The summed E-state index contributed by atoms with van der Waals surface area (Å²) >= 11 is 4.83. The van der Waals surface area contributed by atoms with Gasteiger partial charge in [-0.1, -0.05) is 15.9 Å². The normalized spacial score (nSPS) is 20.5. The molecule has 1 unspecified atom stereocenters. The van der Waals surface area contributed by atoms with Crippen molar-refractivity contribution in [3.8, 4) is 5.75 Å². The fourth-order valence-electron chi connectivity index (χ4n) is 2.30. The third-order valence-corrected chi connectivity index (χ3v) is 4.89. The predicted octanol–water partition coefficient (Wildman–Crippen LogP) is 2.21. The molecule has 0 bridgehead atoms. The van der Waals surface area contributed by atoms with Crippen LogP contribution in [0.2, 0.25) is 0 Å². The van der Waals surface area contributed by atoms with Gasteiger partial charge >= 0.3 is 5.97 Å². The Labute approximate surface area is 134 Å². The van der Waals surface area contributed by atoms with Crippen molar-refractivity contribution < 1.29 is 19.4 Å². The standard InChI is InChI=1S/C14H12BrNO4S/c15-10-1-2-12-8(4-10)3-9(5-20-12)13(17)16-7-21-6-11(16)14(18)19/h1-4,11H,5-7H2,(H,18,19). The average molecular weight is 370 g/mol. The molecule has 7 heteroatoms. The number of carboxylic acid groups (broad SMARTS) is 1. The van der Waals surface area contributed by atoms with Gasteiger partial charge in [0, 0.05) is 15.8 Å². The van der Waals surface area contributed by atoms with Crippen LogP contribution in [0.3, 0.4) is 0 Å². The summed E-state index contributed by atoms with van der Waals surface area (Å²) in [5.74, 6) is 0.322. The van der Waals surface area contributed by atoms with Crippen LogP contribution in [-0.2, 0) is 9.59 Å². The molecule has 21 heavy (non-hydrogen) atoms. The highest BCUT2D eigenvalue weighted by Crippen LogP contribution is 2.31. The highest BCUT2D eigenvalue weighted by molar-refractivity contribution is 9.10. The Morgan fingerprint density at radius 2 is 2.24 bits per heavy atom. The van der Waals surface area contributed by atoms with E-state index in [1.165, 1.54) is 16.7 Å². The molecule has 1 N–H and O–H groups in total. The number of ether oxygens (including phenoxy) is 1. The van der Waals surface area contributed by atoms with Gasteiger partial charge in [0.2, 0.25) is 0 Å². The summed E-state index contributed by atoms with van der Waals surface area (Å²) in [5.41, 5.74) is 1.30. The van der Waals surface area contributed by atoms with Crippen LogP contribution in [0.4, 0.5) is 0 Å². The second kappa shape index (κ2) is 5.73. The van der Waals surface area contributed by atoms with E-state index in [0.29, 0.717) is 17.2 Å². The van der Waals surface area contributed by atoms with Gasteiger partial charge in [0.05, 0.1) is 11.4 Å². The minimum atomic E-state index is -0.964. The van der Waals surface area contributed by atoms with Crippen molar-refractivity contribution in [2.45, 2.75) is 6.04 Å². The van der Waals surface area contributed by atoms with Crippen molar-refractivity contribution in [3.63, 3.8) is 0 Å². The molecule has 0 aliphatic carbocycles. The largest absolute Gasteiger partial charge is 0.488 e. The number of nitrogens with zero attached hydrogens (tertiary/aromatic N) is 1. The van der Waals surface area contributed by atoms with Gasteiger partial charge in [-0.2, -0.15) is 0 Å². The molecule has 0 aromatic heterocycles. The van der Waals surface area contributed by atoms with E-state index in [-0.39, 0.29) is 12.5 Å². The number of carbonyl (C=O) groups is 2. The van der Waals surface area contributed by atoms with Crippen molar-refractivity contribution >= 4 is 45.6 Å². The van der Waals surface area contributed by atoms with Crippen LogP contribution in [0, 0.1) is 0 Å². The Morgan fingerprint density at radius 1 is 1.43 bits per heavy atom. The molecule has 5 nitrogen and oxygen atoms in total. The van der Waals surface area contributed by atoms with E-state index in [4.69, 9.17) is 9.84 Å². The lowest BCUT2D eigenvalue weighted by Gasteiger charge is -2.24. The number of carbonyl (C=O) groups excluding carboxylic acids is 1. The predicted molar refractivity (Wildman–Crippen MR) is 83.2 cm³/mol. The Kier molecular flexibility index (Phi) is 3.95. The zero-order valence-electron chi connectivity index (χ0n) is 10.9. The van der Waals surface area contributed by atoms with E-state index in [9.17, 15) is 9.59 Å². The van der Waals surface area contributed by atoms with Gasteiger partial charge in [-0.25, -0.2) is 4.79 Å². The van der Waals surface area contributed by atoms with Gasteiger partial charge in [-0.05, 0) is 24.3 Å². The third kappa shape index (κ3) is 2.80. The molecule has 1 amide bonds. The van der Waals surface area contributed by atoms with Crippen LogP contribution in [0.25, 0.3) is 6.08 Å². The fourth-order valence-corrected chi connectivity index (χ4v) is 3.83. The molecule has 0 saturated carbocycles. The Bertz CT molecular complexity index is 646. The van der Waals surface area contributed by atoms with Gasteiger partial charge in [0.25, 0.3) is 5.91 Å². The van der Waals surface area contributed by atoms with E-state index in [1.807, 2.05) is 18.2 Å². The van der Waals surface area contributed by atoms with Crippen LogP contribution in [0.1, 0.15) is 5.56 Å². The number of hydrogen-bond donors (Lipinski definition) is 1. The van der Waals surface area contributed by atoms with Gasteiger partial charge in [0.15, 0.2) is 0 Å². The van der Waals surface area contributed by atoms with E-state index >= 15 is 0 Å². The first-order valence-corrected chi connectivity index (χ1v) is 8.25. The molecule has 0 spiro atoms. The topological polar surface area (TPSA) is 66.8 Å². The zero-order chi connectivity index (χ0) is 15.0. The van der Waals surface area contributed by atoms with Crippen LogP contribution in [-0.4, -0.2) is 46.2 Å². The molecule has 0 radical (unpaired) electrons. The molecule has 110 valence electrons. The number of rotatable bonds is 2. The lowest BCUT2D eigenvalue weighted by molar-refractivity contribution is -0.146. The second-order valence-electron chi connectivity index (χ2n) is 4.77. The van der Waals surface area contributed by atoms with Gasteiger partial charge in [-0.15, -0.1) is 11.8 Å². The van der Waals surface area contributed by atoms with Crippen molar-refractivity contribution in [1.29, 1.82) is 0 Å². The Morgan fingerprint density at radius 3 is 3.00 bits per heavy atom. The second-order valence-corrected chi connectivity index (χ2v) is 6.68. The number of halogens is 1. The quantitative estimate of drug-likeness (QED) is 0.865. The number of hydrogen-bond acceptors (Lipinski definition) is 4. The summed E-state index contributed by atoms with van der Waals surface area (Å²) in [6, 6.07) is 4.82. The number of amides is 1. The molecule has 3 rings (SSSR count). The highest BCUT2D eigenvalue weighted by atomic mass is 79.9. The summed E-state index contributed by atoms with van der Waals surface area (Å²) in [4.78, 5) is 25.1. The molecule has 1 aromatic rings. The average Bonchev–Trinajstić information content (AvgIpc) is 2.95. The maximum absolute atomic E-state index is 12.5. The van der Waals surface area contributed by atoms with Crippen LogP contribution in [0.5, 0.6) is 5.75 Å². The Balaban J connectivity index is 1.87. The zero-order valence-corrected chi connectivity index (χ0v) is 13.3. The van der Waals surface area contributed by atoms with Crippen molar-refractivity contribution in [3.05, 3.63) is 33.8 Å². The SMILES string of the molecule is O=C(O)C1CSCN1C(=O)C1=Cc2cc(Br)ccc2OC1. The summed E-state index contributed by atoms with van der Waals surface area (Å²) < 4.78 is 6.47. The first-order chi connectivity index (χ1) is 10.1. The number of benzene rings is 1. The summed E-state index contributed by atoms with van der Waals surface area (Å²) in [5, 5.41) is 9.16. The van der Waals surface area contributed by atoms with Crippen LogP contribution >= 0.6 is 27.7 Å². The van der Waals surface area contributed by atoms with E-state index < -0.39 is 12.0 Å². The molecule has 1 atom stereocenters. The molecule has 1 saturated heterocycles. The van der Waals surface area contributed by atoms with E-state index in [1.54, 1.807) is 6.08 Å². The van der Waals surface area contributed by atoms with Crippen molar-refractivity contribution in [1.82, 2.24) is 4.90 Å². The molecule has 1 fully saturated rings. The monoisotopic (exact) mass is 369 g/mol. The third-order valence-electron chi connectivity index (χ3n) is 3.39. The number of thioether (sulfide) groups is 1. The number of aliphatic carboxylic acids is 1. The van der Waals surface area contributed by atoms with Crippen molar-refractivity contribution in [2.75, 3.05) is 18.2 Å². The molecular formula is C14H12BrNO4S. The maximum atomic E-state index is 12.5. The minimum absolute atomic E-state index is 0.168. The first kappa shape index (κ1) is 14.5. The highest BCUT2D eigenvalue weighted by Gasteiger charge is 2.36. The lowest BCUT2D eigenvalue weighted by atomic mass is 10.1. The molecular weight excluding hydrogens is 358 g/mol. The molecule has 2 aliphatic rings. The molecule has 1 aromatic carbocycles. The Hall–Kier alpha value is -1.47. The first-order valence-electron chi connectivity index (χ1n) is 6.30. The van der Waals surface area contributed by atoms with Gasteiger partial charge < -0.3 is 14.7 Å². The summed E-state index contributed by atoms with van der Waals surface area (Å²) in [7, 11) is 0. The van der Waals surface area contributed by atoms with E-state index in [2.05, 4.69) is 15.9 Å². The van der Waals surface area contributed by atoms with Gasteiger partial charge in [-0.3, -0.25) is 4.79 Å².